The van der Waals surface area contributed by atoms with Crippen LogP contribution < -0.4 is 55.7 Å². The van der Waals surface area contributed by atoms with Gasteiger partial charge in [0.05, 0.1) is 25.4 Å². The van der Waals surface area contributed by atoms with Crippen LogP contribution in [0, 0.1) is 0 Å². The number of guanidine groups is 2. The van der Waals surface area contributed by atoms with Crippen molar-refractivity contribution in [2.75, 3.05) is 19.7 Å². The molecule has 0 saturated carbocycles. The highest BCUT2D eigenvalue weighted by Gasteiger charge is 2.32. The molecule has 0 saturated heterocycles. The zero-order chi connectivity index (χ0) is 35.5. The minimum atomic E-state index is -1.70. The van der Waals surface area contributed by atoms with Crippen LogP contribution in [0.5, 0.6) is 0 Å². The number of rotatable bonds is 22. The Morgan fingerprint density at radius 3 is 1.79 bits per heavy atom. The van der Waals surface area contributed by atoms with E-state index in [4.69, 9.17) is 34.4 Å². The third kappa shape index (κ3) is 15.9. The molecule has 0 unspecified atom stereocenters. The number of primary amides is 1. The van der Waals surface area contributed by atoms with Crippen molar-refractivity contribution < 1.29 is 39.0 Å². The lowest BCUT2D eigenvalue weighted by Crippen LogP contribution is -2.59. The van der Waals surface area contributed by atoms with E-state index in [0.717, 1.165) is 0 Å². The third-order valence-electron chi connectivity index (χ3n) is 6.33. The van der Waals surface area contributed by atoms with Crippen LogP contribution in [0.25, 0.3) is 0 Å². The number of hydrogen-bond donors (Lipinski definition) is 13. The molecule has 0 fully saturated rings. The minimum absolute atomic E-state index is 0.0389. The smallest absolute Gasteiger partial charge is 0.326 e. The first kappa shape index (κ1) is 39.5. The molecule has 0 radical (unpaired) electrons. The van der Waals surface area contributed by atoms with E-state index in [1.54, 1.807) is 0 Å². The van der Waals surface area contributed by atoms with E-state index in [1.807, 2.05) is 0 Å². The molecule has 0 aliphatic rings. The summed E-state index contributed by atoms with van der Waals surface area (Å²) in [5.74, 6) is -6.52. The van der Waals surface area contributed by atoms with E-state index in [0.29, 0.717) is 12.1 Å². The van der Waals surface area contributed by atoms with E-state index in [1.165, 1.54) is 12.5 Å². The molecule has 0 bridgehead atoms. The summed E-state index contributed by atoms with van der Waals surface area (Å²) in [5.41, 5.74) is 32.6. The molecular formula is C25H44N14O8. The Labute approximate surface area is 268 Å². The molecule has 0 spiro atoms. The van der Waals surface area contributed by atoms with Crippen molar-refractivity contribution >= 4 is 47.4 Å². The fourth-order valence-electron chi connectivity index (χ4n) is 3.94. The van der Waals surface area contributed by atoms with E-state index in [9.17, 15) is 39.0 Å². The van der Waals surface area contributed by atoms with Gasteiger partial charge in [-0.2, -0.15) is 0 Å². The van der Waals surface area contributed by atoms with Gasteiger partial charge in [-0.15, -0.1) is 0 Å². The van der Waals surface area contributed by atoms with E-state index in [-0.39, 0.29) is 50.7 Å². The number of carboxylic acids is 1. The molecule has 0 aliphatic heterocycles. The number of imidazole rings is 1. The fourth-order valence-corrected chi connectivity index (χ4v) is 3.94. The molecule has 47 heavy (non-hydrogen) atoms. The molecule has 5 atom stereocenters. The largest absolute Gasteiger partial charge is 0.480 e. The van der Waals surface area contributed by atoms with Crippen LogP contribution in [0.3, 0.4) is 0 Å². The number of amides is 5. The van der Waals surface area contributed by atoms with E-state index >= 15 is 0 Å². The number of nitrogens with zero attached hydrogens (tertiary/aromatic N) is 3. The van der Waals surface area contributed by atoms with Crippen molar-refractivity contribution in [3.05, 3.63) is 18.2 Å². The van der Waals surface area contributed by atoms with Gasteiger partial charge < -0.3 is 70.9 Å². The zero-order valence-corrected chi connectivity index (χ0v) is 25.6. The van der Waals surface area contributed by atoms with Gasteiger partial charge in [0.1, 0.15) is 24.2 Å². The molecule has 22 heteroatoms. The first-order valence-corrected chi connectivity index (χ1v) is 14.3. The van der Waals surface area contributed by atoms with Crippen LogP contribution in [0.2, 0.25) is 0 Å². The average molecular weight is 669 g/mol. The van der Waals surface area contributed by atoms with Gasteiger partial charge in [-0.05, 0) is 25.7 Å². The van der Waals surface area contributed by atoms with Crippen LogP contribution in [0.15, 0.2) is 22.5 Å². The lowest BCUT2D eigenvalue weighted by atomic mass is 10.1. The number of nitrogens with two attached hydrogens (primary N) is 6. The molecule has 1 heterocycles. The van der Waals surface area contributed by atoms with Crippen molar-refractivity contribution in [2.45, 2.75) is 68.7 Å². The number of aromatic nitrogens is 2. The maximum atomic E-state index is 13.3. The van der Waals surface area contributed by atoms with Gasteiger partial charge in [-0.25, -0.2) is 9.78 Å². The van der Waals surface area contributed by atoms with Crippen LogP contribution in [0.1, 0.15) is 37.8 Å². The lowest BCUT2D eigenvalue weighted by Gasteiger charge is -2.25. The summed E-state index contributed by atoms with van der Waals surface area (Å²) in [5, 5.41) is 28.6. The number of aliphatic hydroxyl groups is 1. The predicted octanol–water partition coefficient (Wildman–Crippen LogP) is -6.72. The molecule has 0 aliphatic carbocycles. The highest BCUT2D eigenvalue weighted by atomic mass is 16.4. The summed E-state index contributed by atoms with van der Waals surface area (Å²) < 4.78 is 0. The minimum Gasteiger partial charge on any atom is -0.480 e. The maximum Gasteiger partial charge on any atom is 0.326 e. The van der Waals surface area contributed by atoms with Crippen molar-refractivity contribution in [3.8, 4) is 0 Å². The van der Waals surface area contributed by atoms with Gasteiger partial charge in [0.2, 0.25) is 29.5 Å². The Balaban J connectivity index is 3.07. The summed E-state index contributed by atoms with van der Waals surface area (Å²) in [6, 6.07) is -7.09. The second-order valence-electron chi connectivity index (χ2n) is 10.2. The van der Waals surface area contributed by atoms with Gasteiger partial charge in [-0.3, -0.25) is 34.0 Å². The monoisotopic (exact) mass is 668 g/mol. The Morgan fingerprint density at radius 1 is 0.766 bits per heavy atom. The highest BCUT2D eigenvalue weighted by Crippen LogP contribution is 2.05. The molecule has 1 rings (SSSR count). The van der Waals surface area contributed by atoms with Gasteiger partial charge in [0, 0.05) is 31.4 Å². The molecule has 1 aromatic heterocycles. The van der Waals surface area contributed by atoms with E-state index < -0.39 is 78.7 Å². The summed E-state index contributed by atoms with van der Waals surface area (Å²) in [7, 11) is 0. The summed E-state index contributed by atoms with van der Waals surface area (Å²) in [6.45, 7) is -0.671. The van der Waals surface area contributed by atoms with Gasteiger partial charge >= 0.3 is 5.97 Å². The number of carboxylic acid groups (broad SMARTS) is 1. The Morgan fingerprint density at radius 2 is 1.28 bits per heavy atom. The highest BCUT2D eigenvalue weighted by molar-refractivity contribution is 5.96. The van der Waals surface area contributed by atoms with Crippen LogP contribution >= 0.6 is 0 Å². The number of carbonyl (C=O) groups is 6. The number of aromatic amines is 1. The van der Waals surface area contributed by atoms with Crippen LogP contribution in [-0.4, -0.2) is 118 Å². The number of H-pyrrole nitrogens is 1. The standard InChI is InChI=1S/C25H44N14O8/c26-13(3-1-5-33-24(28)29)19(42)37-15(7-12-9-32-11-35-12)21(44)39-17(10-40)22(45)36-14(4-2-6-34-25(30)31)20(43)38-16(23(46)47)8-18(27)41/h9,11,13-17,40H,1-8,10,26H2,(H2,27,41)(H,32,35)(H,36,45)(H,37,42)(H,38,43)(H,39,44)(H,46,47)(H4,28,29,33)(H4,30,31,34)/t13-,14-,15-,16-,17-/m0/s1. The topological polar surface area (TPSA) is 401 Å². The second kappa shape index (κ2) is 20.5. The zero-order valence-electron chi connectivity index (χ0n) is 25.6. The normalized spacial score (nSPS) is 13.8. The Bertz CT molecular complexity index is 1260. The Hall–Kier alpha value is -5.51. The SMILES string of the molecule is NC(=O)C[C@H](NC(=O)[C@H](CCCN=C(N)N)NC(=O)[C@H](CO)NC(=O)[C@H](Cc1cnc[nH]1)NC(=O)[C@@H](N)CCCN=C(N)N)C(=O)O. The number of aliphatic carboxylic acids is 1. The maximum absolute atomic E-state index is 13.3. The van der Waals surface area contributed by atoms with Crippen molar-refractivity contribution in [3.63, 3.8) is 0 Å². The molecule has 1 aromatic rings. The number of nitrogens with one attached hydrogen (secondary N) is 5. The lowest BCUT2D eigenvalue weighted by molar-refractivity contribution is -0.143. The van der Waals surface area contributed by atoms with Gasteiger partial charge in [0.25, 0.3) is 0 Å². The first-order valence-electron chi connectivity index (χ1n) is 14.3. The molecule has 0 aromatic carbocycles. The van der Waals surface area contributed by atoms with E-state index in [2.05, 4.69) is 41.2 Å². The molecule has 262 valence electrons. The quantitative estimate of drug-likeness (QED) is 0.0310. The number of aliphatic hydroxyl groups excluding tert-OH is 1. The first-order chi connectivity index (χ1) is 22.1. The predicted molar refractivity (Wildman–Crippen MR) is 166 cm³/mol. The summed E-state index contributed by atoms with van der Waals surface area (Å²) in [6.07, 6.45) is 2.48. The summed E-state index contributed by atoms with van der Waals surface area (Å²) in [4.78, 5) is 89.2. The number of aliphatic imine (C=N–C) groups is 2. The van der Waals surface area contributed by atoms with Crippen molar-refractivity contribution in [1.29, 1.82) is 0 Å². The third-order valence-corrected chi connectivity index (χ3v) is 6.33. The average Bonchev–Trinajstić information content (AvgIpc) is 3.51. The fraction of sp³-hybridized carbons (Fsp3) is 0.560. The number of carbonyl (C=O) groups excluding carboxylic acids is 5. The van der Waals surface area contributed by atoms with Gasteiger partial charge in [-0.1, -0.05) is 0 Å². The van der Waals surface area contributed by atoms with Crippen molar-refractivity contribution in [2.24, 2.45) is 44.4 Å². The van der Waals surface area contributed by atoms with Crippen LogP contribution in [0.4, 0.5) is 0 Å². The van der Waals surface area contributed by atoms with Gasteiger partial charge in [0.15, 0.2) is 11.9 Å². The van der Waals surface area contributed by atoms with Crippen LogP contribution in [-0.2, 0) is 35.2 Å². The molecular weight excluding hydrogens is 624 g/mol. The van der Waals surface area contributed by atoms with Crippen molar-refractivity contribution in [1.82, 2.24) is 31.2 Å². The number of hydrogen-bond acceptors (Lipinski definition) is 11. The molecule has 22 nitrogen and oxygen atoms in total. The second-order valence-corrected chi connectivity index (χ2v) is 10.2. The molecule has 19 N–H and O–H groups in total. The molecule has 5 amide bonds. The Kier molecular flexibility index (Phi) is 17.2. The summed E-state index contributed by atoms with van der Waals surface area (Å²) >= 11 is 0.